The Morgan fingerprint density at radius 3 is 1.69 bits per heavy atom. The van der Waals surface area contributed by atoms with Crippen LogP contribution in [0.4, 0.5) is 27.5 Å². The lowest BCUT2D eigenvalue weighted by Gasteiger charge is -2.26. The highest BCUT2D eigenvalue weighted by molar-refractivity contribution is 5.85. The molecule has 220 valence electrons. The van der Waals surface area contributed by atoms with Crippen LogP contribution in [-0.2, 0) is 22.1 Å². The number of amides is 1. The molecule has 0 atom stereocenters. The highest BCUT2D eigenvalue weighted by atomic mass is 16.5. The number of para-hydroxylation sites is 2. The maximum atomic E-state index is 12.4. The number of nitrogens with one attached hydrogen (secondary N) is 2. The third kappa shape index (κ3) is 8.70. The molecule has 0 saturated carbocycles. The van der Waals surface area contributed by atoms with E-state index in [0.717, 1.165) is 36.6 Å². The van der Waals surface area contributed by atoms with Gasteiger partial charge in [0.2, 0.25) is 0 Å². The van der Waals surface area contributed by atoms with Crippen LogP contribution in [0.15, 0.2) is 103 Å². The number of hydrogen-bond donors (Lipinski definition) is 2. The van der Waals surface area contributed by atoms with E-state index in [-0.39, 0.29) is 10.8 Å². The number of ether oxygens (including phenoxy) is 1. The Bertz CT molecular complexity index is 1350. The highest BCUT2D eigenvalue weighted by Crippen LogP contribution is 2.34. The van der Waals surface area contributed by atoms with E-state index in [9.17, 15) is 4.79 Å². The molecule has 0 spiro atoms. The SMILES string of the molecule is CC(C)(C)c1cc(CNCCCOC(=O)Nc2ccc(N(c3ccccc3)c3ccccc3)cc2)cc(C(C)(C)C)c1. The maximum Gasteiger partial charge on any atom is 0.411 e. The first-order valence-electron chi connectivity index (χ1n) is 14.8. The summed E-state index contributed by atoms with van der Waals surface area (Å²) in [6, 6.07) is 35.2. The van der Waals surface area contributed by atoms with Gasteiger partial charge in [0.25, 0.3) is 0 Å². The third-order valence-electron chi connectivity index (χ3n) is 7.19. The summed E-state index contributed by atoms with van der Waals surface area (Å²) < 4.78 is 5.44. The molecule has 5 nitrogen and oxygen atoms in total. The average Bonchev–Trinajstić information content (AvgIpc) is 2.96. The third-order valence-corrected chi connectivity index (χ3v) is 7.19. The summed E-state index contributed by atoms with van der Waals surface area (Å²) in [6.45, 7) is 15.4. The summed E-state index contributed by atoms with van der Waals surface area (Å²) in [4.78, 5) is 14.6. The van der Waals surface area contributed by atoms with Crippen molar-refractivity contribution in [2.45, 2.75) is 65.3 Å². The lowest BCUT2D eigenvalue weighted by atomic mass is 9.79. The minimum Gasteiger partial charge on any atom is -0.449 e. The van der Waals surface area contributed by atoms with E-state index in [1.165, 1.54) is 16.7 Å². The van der Waals surface area contributed by atoms with E-state index in [4.69, 9.17) is 4.74 Å². The lowest BCUT2D eigenvalue weighted by Crippen LogP contribution is -2.21. The fraction of sp³-hybridized carbons (Fsp3) is 0.324. The van der Waals surface area contributed by atoms with Gasteiger partial charge < -0.3 is 15.0 Å². The molecule has 0 unspecified atom stereocenters. The second kappa shape index (κ2) is 13.7. The monoisotopic (exact) mass is 563 g/mol. The molecular weight excluding hydrogens is 518 g/mol. The Kier molecular flexibility index (Phi) is 10.1. The Balaban J connectivity index is 1.25. The first-order valence-corrected chi connectivity index (χ1v) is 14.8. The number of anilines is 4. The van der Waals surface area contributed by atoms with E-state index < -0.39 is 6.09 Å². The molecule has 4 aromatic rings. The zero-order chi connectivity index (χ0) is 30.2. The average molecular weight is 564 g/mol. The molecule has 4 aromatic carbocycles. The van der Waals surface area contributed by atoms with Crippen LogP contribution < -0.4 is 15.5 Å². The first-order chi connectivity index (χ1) is 20.0. The molecule has 0 saturated heterocycles. The fourth-order valence-corrected chi connectivity index (χ4v) is 4.70. The van der Waals surface area contributed by atoms with Gasteiger partial charge in [-0.25, -0.2) is 4.79 Å². The first kappa shape index (κ1) is 30.9. The molecule has 0 bridgehead atoms. The summed E-state index contributed by atoms with van der Waals surface area (Å²) in [7, 11) is 0. The number of hydrogen-bond acceptors (Lipinski definition) is 4. The number of carbonyl (C=O) groups excluding carboxylic acids is 1. The van der Waals surface area contributed by atoms with E-state index in [0.29, 0.717) is 12.3 Å². The Hall–Kier alpha value is -4.09. The molecular formula is C37H45N3O2. The molecule has 0 aliphatic rings. The van der Waals surface area contributed by atoms with Gasteiger partial charge in [0.05, 0.1) is 6.61 Å². The van der Waals surface area contributed by atoms with Gasteiger partial charge in [-0.15, -0.1) is 0 Å². The lowest BCUT2D eigenvalue weighted by molar-refractivity contribution is 0.160. The van der Waals surface area contributed by atoms with Gasteiger partial charge in [0, 0.05) is 29.3 Å². The van der Waals surface area contributed by atoms with Crippen molar-refractivity contribution in [2.24, 2.45) is 0 Å². The van der Waals surface area contributed by atoms with E-state index in [1.54, 1.807) is 0 Å². The largest absolute Gasteiger partial charge is 0.449 e. The predicted molar refractivity (Wildman–Crippen MR) is 176 cm³/mol. The van der Waals surface area contributed by atoms with Crippen LogP contribution in [0.25, 0.3) is 0 Å². The molecule has 0 aliphatic heterocycles. The second-order valence-electron chi connectivity index (χ2n) is 12.8. The Labute approximate surface area is 251 Å². The van der Waals surface area contributed by atoms with Gasteiger partial charge in [-0.05, 0) is 89.0 Å². The Morgan fingerprint density at radius 2 is 1.19 bits per heavy atom. The molecule has 0 radical (unpaired) electrons. The summed E-state index contributed by atoms with van der Waals surface area (Å²) in [6.07, 6.45) is 0.291. The van der Waals surface area contributed by atoms with Gasteiger partial charge in [-0.2, -0.15) is 0 Å². The molecule has 5 heteroatoms. The number of benzene rings is 4. The van der Waals surface area contributed by atoms with Gasteiger partial charge in [-0.3, -0.25) is 5.32 Å². The van der Waals surface area contributed by atoms with Gasteiger partial charge >= 0.3 is 6.09 Å². The molecule has 2 N–H and O–H groups in total. The molecule has 0 heterocycles. The van der Waals surface area contributed by atoms with Gasteiger partial charge in [-0.1, -0.05) is 96.1 Å². The summed E-state index contributed by atoms with van der Waals surface area (Å²) >= 11 is 0. The van der Waals surface area contributed by atoms with Crippen LogP contribution in [0.2, 0.25) is 0 Å². The van der Waals surface area contributed by atoms with Crippen molar-refractivity contribution in [3.8, 4) is 0 Å². The van der Waals surface area contributed by atoms with Crippen molar-refractivity contribution in [3.05, 3.63) is 120 Å². The summed E-state index contributed by atoms with van der Waals surface area (Å²) in [5.41, 5.74) is 8.01. The smallest absolute Gasteiger partial charge is 0.411 e. The summed E-state index contributed by atoms with van der Waals surface area (Å²) in [5, 5.41) is 6.35. The van der Waals surface area contributed by atoms with Gasteiger partial charge in [0.1, 0.15) is 0 Å². The number of rotatable bonds is 10. The molecule has 42 heavy (non-hydrogen) atoms. The van der Waals surface area contributed by atoms with Crippen LogP contribution in [0, 0.1) is 0 Å². The fourth-order valence-electron chi connectivity index (χ4n) is 4.70. The van der Waals surface area contributed by atoms with E-state index in [1.807, 2.05) is 60.7 Å². The second-order valence-corrected chi connectivity index (χ2v) is 12.8. The Morgan fingerprint density at radius 1 is 0.690 bits per heavy atom. The van der Waals surface area contributed by atoms with Crippen molar-refractivity contribution in [3.63, 3.8) is 0 Å². The topological polar surface area (TPSA) is 53.6 Å². The summed E-state index contributed by atoms with van der Waals surface area (Å²) in [5.74, 6) is 0. The number of carbonyl (C=O) groups is 1. The van der Waals surface area contributed by atoms with Crippen molar-refractivity contribution in [2.75, 3.05) is 23.4 Å². The molecule has 1 amide bonds. The molecule has 0 fully saturated rings. The van der Waals surface area contributed by atoms with Crippen molar-refractivity contribution in [1.82, 2.24) is 5.32 Å². The van der Waals surface area contributed by atoms with E-state index >= 15 is 0 Å². The normalized spacial score (nSPS) is 11.7. The molecule has 0 aliphatic carbocycles. The molecule has 0 aromatic heterocycles. The van der Waals surface area contributed by atoms with Crippen molar-refractivity contribution >= 4 is 28.8 Å². The van der Waals surface area contributed by atoms with Crippen molar-refractivity contribution < 1.29 is 9.53 Å². The van der Waals surface area contributed by atoms with Crippen LogP contribution >= 0.6 is 0 Å². The minimum atomic E-state index is -0.446. The molecule has 4 rings (SSSR count). The van der Waals surface area contributed by atoms with Crippen LogP contribution in [0.1, 0.15) is 64.7 Å². The van der Waals surface area contributed by atoms with Crippen LogP contribution in [-0.4, -0.2) is 19.2 Å². The number of nitrogens with zero attached hydrogens (tertiary/aromatic N) is 1. The zero-order valence-corrected chi connectivity index (χ0v) is 25.9. The maximum absolute atomic E-state index is 12.4. The van der Waals surface area contributed by atoms with Crippen LogP contribution in [0.3, 0.4) is 0 Å². The van der Waals surface area contributed by atoms with Crippen molar-refractivity contribution in [1.29, 1.82) is 0 Å². The predicted octanol–water partition coefficient (Wildman–Crippen LogP) is 9.48. The minimum absolute atomic E-state index is 0.0979. The van der Waals surface area contributed by atoms with E-state index in [2.05, 4.69) is 99.5 Å². The zero-order valence-electron chi connectivity index (χ0n) is 25.9. The van der Waals surface area contributed by atoms with Crippen LogP contribution in [0.5, 0.6) is 0 Å². The highest BCUT2D eigenvalue weighted by Gasteiger charge is 2.20. The van der Waals surface area contributed by atoms with Gasteiger partial charge in [0.15, 0.2) is 0 Å². The quantitative estimate of drug-likeness (QED) is 0.189. The standard InChI is InChI=1S/C37H45N3O2/c1-36(2,3)29-24-28(25-30(26-29)37(4,5)6)27-38-22-13-23-42-35(41)39-31-18-20-34(21-19-31)40(32-14-9-7-10-15-32)33-16-11-8-12-17-33/h7-12,14-21,24-26,38H,13,22-23,27H2,1-6H3,(H,39,41).